The summed E-state index contributed by atoms with van der Waals surface area (Å²) >= 11 is 0. The Bertz CT molecular complexity index is 1380. The zero-order valence-electron chi connectivity index (χ0n) is 17.6. The van der Waals surface area contributed by atoms with Crippen LogP contribution < -0.4 is 16.2 Å². The van der Waals surface area contributed by atoms with Crippen molar-refractivity contribution in [2.45, 2.75) is 32.9 Å². The van der Waals surface area contributed by atoms with Crippen molar-refractivity contribution in [2.24, 2.45) is 0 Å². The van der Waals surface area contributed by atoms with Gasteiger partial charge in [0.05, 0.1) is 6.20 Å². The second kappa shape index (κ2) is 7.79. The Morgan fingerprint density at radius 1 is 1.16 bits per heavy atom. The minimum atomic E-state index is -0.482. The van der Waals surface area contributed by atoms with Crippen LogP contribution in [0.2, 0.25) is 0 Å². The summed E-state index contributed by atoms with van der Waals surface area (Å²) in [6.45, 7) is 5.06. The highest BCUT2D eigenvalue weighted by Crippen LogP contribution is 2.25. The Hall–Kier alpha value is -3.66. The quantitative estimate of drug-likeness (QED) is 0.510. The molecule has 0 amide bonds. The van der Waals surface area contributed by atoms with Gasteiger partial charge >= 0.3 is 0 Å². The molecule has 164 valence electrons. The highest BCUT2D eigenvalue weighted by Gasteiger charge is 2.20. The van der Waals surface area contributed by atoms with Crippen molar-refractivity contribution >= 4 is 22.7 Å². The maximum atomic E-state index is 14.6. The van der Waals surface area contributed by atoms with E-state index in [1.54, 1.807) is 4.68 Å². The number of nitrogens with one attached hydrogen (secondary N) is 2. The molecule has 8 nitrogen and oxygen atoms in total. The maximum absolute atomic E-state index is 14.6. The highest BCUT2D eigenvalue weighted by molar-refractivity contribution is 5.77. The first-order chi connectivity index (χ1) is 15.4. The van der Waals surface area contributed by atoms with Gasteiger partial charge in [-0.15, -0.1) is 0 Å². The average molecular weight is 437 g/mol. The van der Waals surface area contributed by atoms with Gasteiger partial charge in [-0.05, 0) is 62.2 Å². The van der Waals surface area contributed by atoms with Gasteiger partial charge in [0, 0.05) is 24.5 Å². The lowest BCUT2D eigenvalue weighted by molar-refractivity contribution is 0.471. The van der Waals surface area contributed by atoms with E-state index in [1.165, 1.54) is 29.1 Å². The summed E-state index contributed by atoms with van der Waals surface area (Å²) in [4.78, 5) is 25.9. The molecule has 0 unspecified atom stereocenters. The van der Waals surface area contributed by atoms with E-state index in [0.717, 1.165) is 23.9 Å². The lowest BCUT2D eigenvalue weighted by Gasteiger charge is -2.19. The minimum Gasteiger partial charge on any atom is -0.324 e. The number of pyridine rings is 1. The average Bonchev–Trinajstić information content (AvgIpc) is 3.06. The molecule has 0 saturated heterocycles. The fourth-order valence-electron chi connectivity index (χ4n) is 4.01. The Balaban J connectivity index is 1.62. The number of nitrogens with zero attached hydrogens (tertiary/aromatic N) is 5. The number of benzene rings is 1. The van der Waals surface area contributed by atoms with Crippen LogP contribution in [0.4, 0.5) is 20.4 Å². The Morgan fingerprint density at radius 2 is 2.00 bits per heavy atom. The maximum Gasteiger partial charge on any atom is 0.278 e. The van der Waals surface area contributed by atoms with Crippen LogP contribution in [0.1, 0.15) is 31.0 Å². The SMILES string of the molecule is CC(C)n1c(=O)c2cnc(Nc3cc(F)c4c(c3)CNCC4)nc2n1-c1ccc(F)cn1. The van der Waals surface area contributed by atoms with Gasteiger partial charge in [0.25, 0.3) is 5.56 Å². The van der Waals surface area contributed by atoms with Gasteiger partial charge in [-0.2, -0.15) is 4.98 Å². The van der Waals surface area contributed by atoms with Gasteiger partial charge in [-0.1, -0.05) is 0 Å². The van der Waals surface area contributed by atoms with Crippen molar-refractivity contribution in [3.05, 3.63) is 69.8 Å². The van der Waals surface area contributed by atoms with Crippen molar-refractivity contribution < 1.29 is 8.78 Å². The summed E-state index contributed by atoms with van der Waals surface area (Å²) in [7, 11) is 0. The number of rotatable bonds is 4. The fraction of sp³-hybridized carbons (Fsp3) is 0.273. The largest absolute Gasteiger partial charge is 0.324 e. The molecule has 0 fully saturated rings. The van der Waals surface area contributed by atoms with E-state index in [2.05, 4.69) is 25.6 Å². The first-order valence-corrected chi connectivity index (χ1v) is 10.3. The third kappa shape index (κ3) is 3.42. The standard InChI is InChI=1S/C22H21F2N7O/c1-12(2)30-21(32)17-11-27-22(29-20(17)31(30)19-4-3-14(23)10-26-19)28-15-7-13-9-25-6-5-16(13)18(24)8-15/h3-4,7-8,10-12,25H,5-6,9H2,1-2H3,(H,27,28,29). The van der Waals surface area contributed by atoms with Crippen LogP contribution in [0.3, 0.4) is 0 Å². The van der Waals surface area contributed by atoms with Crippen LogP contribution in [0.25, 0.3) is 16.9 Å². The molecule has 4 heterocycles. The van der Waals surface area contributed by atoms with E-state index < -0.39 is 5.82 Å². The first kappa shape index (κ1) is 20.3. The molecular formula is C22H21F2N7O. The van der Waals surface area contributed by atoms with Crippen LogP contribution in [-0.4, -0.2) is 30.9 Å². The molecule has 1 aliphatic heterocycles. The molecule has 1 aliphatic rings. The summed E-state index contributed by atoms with van der Waals surface area (Å²) in [5, 5.41) is 6.57. The van der Waals surface area contributed by atoms with E-state index in [0.29, 0.717) is 35.5 Å². The monoisotopic (exact) mass is 437 g/mol. The Labute approximate surface area is 181 Å². The van der Waals surface area contributed by atoms with E-state index in [-0.39, 0.29) is 23.4 Å². The fourth-order valence-corrected chi connectivity index (χ4v) is 4.01. The van der Waals surface area contributed by atoms with Crippen molar-refractivity contribution in [1.29, 1.82) is 0 Å². The van der Waals surface area contributed by atoms with E-state index in [1.807, 2.05) is 19.9 Å². The van der Waals surface area contributed by atoms with E-state index in [9.17, 15) is 13.6 Å². The predicted molar refractivity (Wildman–Crippen MR) is 116 cm³/mol. The topological polar surface area (TPSA) is 89.7 Å². The van der Waals surface area contributed by atoms with Crippen LogP contribution in [0.5, 0.6) is 0 Å². The van der Waals surface area contributed by atoms with Crippen LogP contribution >= 0.6 is 0 Å². The molecule has 3 aromatic heterocycles. The van der Waals surface area contributed by atoms with Gasteiger partial charge in [0.1, 0.15) is 17.0 Å². The number of hydrogen-bond donors (Lipinski definition) is 2. The molecule has 0 radical (unpaired) electrons. The van der Waals surface area contributed by atoms with Gasteiger partial charge in [-0.25, -0.2) is 28.1 Å². The molecule has 0 saturated carbocycles. The van der Waals surface area contributed by atoms with Gasteiger partial charge in [-0.3, -0.25) is 4.79 Å². The third-order valence-electron chi connectivity index (χ3n) is 5.45. The molecule has 4 aromatic rings. The van der Waals surface area contributed by atoms with E-state index in [4.69, 9.17) is 0 Å². The van der Waals surface area contributed by atoms with Crippen LogP contribution in [0, 0.1) is 11.6 Å². The summed E-state index contributed by atoms with van der Waals surface area (Å²) < 4.78 is 31.0. The first-order valence-electron chi connectivity index (χ1n) is 10.3. The second-order valence-electron chi connectivity index (χ2n) is 7.97. The van der Waals surface area contributed by atoms with Gasteiger partial charge in [0.2, 0.25) is 5.95 Å². The molecule has 32 heavy (non-hydrogen) atoms. The third-order valence-corrected chi connectivity index (χ3v) is 5.45. The van der Waals surface area contributed by atoms with Crippen molar-refractivity contribution in [2.75, 3.05) is 11.9 Å². The molecule has 1 aromatic carbocycles. The van der Waals surface area contributed by atoms with Gasteiger partial charge in [0.15, 0.2) is 11.5 Å². The van der Waals surface area contributed by atoms with Crippen molar-refractivity contribution in [3.63, 3.8) is 0 Å². The molecule has 2 N–H and O–H groups in total. The summed E-state index contributed by atoms with van der Waals surface area (Å²) in [6, 6.07) is 5.83. The summed E-state index contributed by atoms with van der Waals surface area (Å²) in [5.41, 5.74) is 2.16. The van der Waals surface area contributed by atoms with Crippen LogP contribution in [-0.2, 0) is 13.0 Å². The summed E-state index contributed by atoms with van der Waals surface area (Å²) in [5.74, 6) is -0.198. The lowest BCUT2D eigenvalue weighted by Crippen LogP contribution is -2.24. The Morgan fingerprint density at radius 3 is 2.75 bits per heavy atom. The zero-order chi connectivity index (χ0) is 22.4. The van der Waals surface area contributed by atoms with Gasteiger partial charge < -0.3 is 10.6 Å². The predicted octanol–water partition coefficient (Wildman–Crippen LogP) is 3.23. The molecule has 0 bridgehead atoms. The van der Waals surface area contributed by atoms with E-state index >= 15 is 0 Å². The van der Waals surface area contributed by atoms with Crippen LogP contribution in [0.15, 0.2) is 41.5 Å². The second-order valence-corrected chi connectivity index (χ2v) is 7.97. The number of aromatic nitrogens is 5. The number of fused-ring (bicyclic) bond motifs is 2. The molecule has 0 aliphatic carbocycles. The Kier molecular flexibility index (Phi) is 4.93. The molecular weight excluding hydrogens is 416 g/mol. The van der Waals surface area contributed by atoms with Crippen molar-refractivity contribution in [1.82, 2.24) is 29.6 Å². The molecule has 0 spiro atoms. The number of halogens is 2. The zero-order valence-corrected chi connectivity index (χ0v) is 17.6. The molecule has 10 heteroatoms. The van der Waals surface area contributed by atoms with Crippen molar-refractivity contribution in [3.8, 4) is 5.82 Å². The highest BCUT2D eigenvalue weighted by atomic mass is 19.1. The lowest BCUT2D eigenvalue weighted by atomic mass is 10.00. The smallest absolute Gasteiger partial charge is 0.278 e. The minimum absolute atomic E-state index is 0.206. The normalized spacial score (nSPS) is 13.5. The molecule has 0 atom stereocenters. The summed E-state index contributed by atoms with van der Waals surface area (Å²) in [6.07, 6.45) is 3.16. The molecule has 5 rings (SSSR count). The number of anilines is 2. The number of hydrogen-bond acceptors (Lipinski definition) is 6.